The quantitative estimate of drug-likeness (QED) is 0.513. The Labute approximate surface area is 123 Å². The van der Waals surface area contributed by atoms with E-state index in [2.05, 4.69) is 0 Å². The molecule has 0 aromatic heterocycles. The number of nitro benzene ring substituents is 1. The third-order valence-corrected chi connectivity index (χ3v) is 3.69. The van der Waals surface area contributed by atoms with Gasteiger partial charge in [0.15, 0.2) is 0 Å². The molecular weight excluding hydrogens is 272 g/mol. The van der Waals surface area contributed by atoms with Crippen molar-refractivity contribution in [3.63, 3.8) is 0 Å². The first-order valence-electron chi connectivity index (χ1n) is 6.89. The monoisotopic (exact) mass is 292 g/mol. The molecular formula is C14H20N4O3. The first-order chi connectivity index (χ1) is 9.90. The SMILES string of the molecule is CN(C)CC1CCCN1C(=O)c1ccc(N)c([N+](=O)[O-])c1. The van der Waals surface area contributed by atoms with Crippen molar-refractivity contribution in [2.75, 3.05) is 32.9 Å². The number of nitrogens with two attached hydrogens (primary N) is 1. The first-order valence-corrected chi connectivity index (χ1v) is 6.89. The van der Waals surface area contributed by atoms with E-state index < -0.39 is 4.92 Å². The summed E-state index contributed by atoms with van der Waals surface area (Å²) in [7, 11) is 3.93. The zero-order valence-corrected chi connectivity index (χ0v) is 12.3. The van der Waals surface area contributed by atoms with Crippen LogP contribution >= 0.6 is 0 Å². The maximum absolute atomic E-state index is 12.6. The lowest BCUT2D eigenvalue weighted by Crippen LogP contribution is -2.41. The predicted octanol–water partition coefficient (Wildman–Crippen LogP) is 1.34. The number of benzene rings is 1. The van der Waals surface area contributed by atoms with Crippen LogP contribution in [-0.4, -0.2) is 53.9 Å². The van der Waals surface area contributed by atoms with Gasteiger partial charge in [0.1, 0.15) is 5.69 Å². The molecule has 0 aliphatic carbocycles. The Kier molecular flexibility index (Phi) is 4.42. The highest BCUT2D eigenvalue weighted by atomic mass is 16.6. The lowest BCUT2D eigenvalue weighted by Gasteiger charge is -2.27. The van der Waals surface area contributed by atoms with Crippen molar-refractivity contribution in [3.8, 4) is 0 Å². The maximum Gasteiger partial charge on any atom is 0.292 e. The summed E-state index contributed by atoms with van der Waals surface area (Å²) >= 11 is 0. The number of nitro groups is 1. The van der Waals surface area contributed by atoms with Crippen molar-refractivity contribution in [1.82, 2.24) is 9.80 Å². The topological polar surface area (TPSA) is 92.7 Å². The molecule has 0 saturated carbocycles. The van der Waals surface area contributed by atoms with Gasteiger partial charge in [0.2, 0.25) is 0 Å². The summed E-state index contributed by atoms with van der Waals surface area (Å²) in [6.07, 6.45) is 1.92. The Balaban J connectivity index is 2.23. The number of anilines is 1. The molecule has 1 amide bonds. The van der Waals surface area contributed by atoms with Gasteiger partial charge in [-0.15, -0.1) is 0 Å². The van der Waals surface area contributed by atoms with Crippen molar-refractivity contribution in [1.29, 1.82) is 0 Å². The summed E-state index contributed by atoms with van der Waals surface area (Å²) in [5.41, 5.74) is 5.74. The van der Waals surface area contributed by atoms with Crippen molar-refractivity contribution >= 4 is 17.3 Å². The van der Waals surface area contributed by atoms with Crippen LogP contribution in [0.15, 0.2) is 18.2 Å². The second-order valence-electron chi connectivity index (χ2n) is 5.59. The summed E-state index contributed by atoms with van der Waals surface area (Å²) in [6, 6.07) is 4.39. The molecule has 1 atom stereocenters. The molecule has 1 unspecified atom stereocenters. The third-order valence-electron chi connectivity index (χ3n) is 3.69. The molecule has 0 radical (unpaired) electrons. The highest BCUT2D eigenvalue weighted by molar-refractivity contribution is 5.96. The molecule has 1 heterocycles. The van der Waals surface area contributed by atoms with Crippen LogP contribution in [0.2, 0.25) is 0 Å². The van der Waals surface area contributed by atoms with Gasteiger partial charge in [0.25, 0.3) is 11.6 Å². The van der Waals surface area contributed by atoms with Crippen LogP contribution in [0.4, 0.5) is 11.4 Å². The van der Waals surface area contributed by atoms with E-state index in [0.29, 0.717) is 12.1 Å². The Bertz CT molecular complexity index is 559. The molecule has 1 aliphatic heterocycles. The number of nitrogens with zero attached hydrogens (tertiary/aromatic N) is 3. The molecule has 1 fully saturated rings. The van der Waals surface area contributed by atoms with Gasteiger partial charge in [-0.25, -0.2) is 0 Å². The van der Waals surface area contributed by atoms with Gasteiger partial charge in [-0.3, -0.25) is 14.9 Å². The Morgan fingerprint density at radius 2 is 2.24 bits per heavy atom. The lowest BCUT2D eigenvalue weighted by atomic mass is 10.1. The van der Waals surface area contributed by atoms with E-state index in [1.165, 1.54) is 12.1 Å². The Morgan fingerprint density at radius 1 is 1.52 bits per heavy atom. The summed E-state index contributed by atoms with van der Waals surface area (Å²) in [4.78, 5) is 26.8. The molecule has 21 heavy (non-hydrogen) atoms. The molecule has 7 nitrogen and oxygen atoms in total. The van der Waals surface area contributed by atoms with Crippen LogP contribution in [-0.2, 0) is 0 Å². The minimum Gasteiger partial charge on any atom is -0.393 e. The smallest absolute Gasteiger partial charge is 0.292 e. The molecule has 7 heteroatoms. The van der Waals surface area contributed by atoms with Crippen LogP contribution in [0.5, 0.6) is 0 Å². The molecule has 1 aromatic rings. The van der Waals surface area contributed by atoms with Gasteiger partial charge < -0.3 is 15.5 Å². The summed E-state index contributed by atoms with van der Waals surface area (Å²) in [5, 5.41) is 10.9. The predicted molar refractivity (Wildman–Crippen MR) is 80.1 cm³/mol. The number of amides is 1. The summed E-state index contributed by atoms with van der Waals surface area (Å²) in [5.74, 6) is -0.164. The standard InChI is InChI=1S/C14H20N4O3/c1-16(2)9-11-4-3-7-17(11)14(19)10-5-6-12(15)13(8-10)18(20)21/h5-6,8,11H,3-4,7,9,15H2,1-2H3. The van der Waals surface area contributed by atoms with E-state index in [1.807, 2.05) is 19.0 Å². The number of carbonyl (C=O) groups excluding carboxylic acids is 1. The average molecular weight is 292 g/mol. The van der Waals surface area contributed by atoms with E-state index in [4.69, 9.17) is 5.73 Å². The second-order valence-corrected chi connectivity index (χ2v) is 5.59. The van der Waals surface area contributed by atoms with Gasteiger partial charge >= 0.3 is 0 Å². The van der Waals surface area contributed by atoms with Crippen molar-refractivity contribution in [3.05, 3.63) is 33.9 Å². The molecule has 1 aromatic carbocycles. The van der Waals surface area contributed by atoms with Gasteiger partial charge in [-0.05, 0) is 39.1 Å². The highest BCUT2D eigenvalue weighted by Gasteiger charge is 2.30. The minimum absolute atomic E-state index is 0.0720. The van der Waals surface area contributed by atoms with Crippen LogP contribution in [0.1, 0.15) is 23.2 Å². The molecule has 2 rings (SSSR count). The molecule has 0 bridgehead atoms. The number of likely N-dealkylation sites (N-methyl/N-ethyl adjacent to an activating group) is 1. The van der Waals surface area contributed by atoms with Crippen molar-refractivity contribution < 1.29 is 9.72 Å². The molecule has 1 saturated heterocycles. The fraction of sp³-hybridized carbons (Fsp3) is 0.500. The molecule has 114 valence electrons. The minimum atomic E-state index is -0.562. The zero-order chi connectivity index (χ0) is 15.6. The van der Waals surface area contributed by atoms with E-state index in [9.17, 15) is 14.9 Å². The number of carbonyl (C=O) groups is 1. The largest absolute Gasteiger partial charge is 0.393 e. The average Bonchev–Trinajstić information content (AvgIpc) is 2.85. The van der Waals surface area contributed by atoms with E-state index in [0.717, 1.165) is 19.4 Å². The number of hydrogen-bond acceptors (Lipinski definition) is 5. The van der Waals surface area contributed by atoms with Gasteiger partial charge in [-0.1, -0.05) is 0 Å². The van der Waals surface area contributed by atoms with Crippen LogP contribution in [0.3, 0.4) is 0 Å². The van der Waals surface area contributed by atoms with Crippen LogP contribution < -0.4 is 5.73 Å². The van der Waals surface area contributed by atoms with Gasteiger partial charge in [0.05, 0.1) is 4.92 Å². The van der Waals surface area contributed by atoms with Crippen molar-refractivity contribution in [2.24, 2.45) is 0 Å². The lowest BCUT2D eigenvalue weighted by molar-refractivity contribution is -0.383. The molecule has 0 spiro atoms. The number of likely N-dealkylation sites (tertiary alicyclic amines) is 1. The fourth-order valence-corrected chi connectivity index (χ4v) is 2.72. The van der Waals surface area contributed by atoms with Crippen LogP contribution in [0, 0.1) is 10.1 Å². The van der Waals surface area contributed by atoms with E-state index in [1.54, 1.807) is 11.0 Å². The fourth-order valence-electron chi connectivity index (χ4n) is 2.72. The van der Waals surface area contributed by atoms with Gasteiger partial charge in [0, 0.05) is 30.8 Å². The third kappa shape index (κ3) is 3.30. The van der Waals surface area contributed by atoms with Crippen molar-refractivity contribution in [2.45, 2.75) is 18.9 Å². The van der Waals surface area contributed by atoms with E-state index in [-0.39, 0.29) is 23.3 Å². The number of rotatable bonds is 4. The summed E-state index contributed by atoms with van der Waals surface area (Å²) < 4.78 is 0. The Hall–Kier alpha value is -2.15. The normalized spacial score (nSPS) is 18.2. The molecule has 1 aliphatic rings. The number of nitrogen functional groups attached to an aromatic ring is 1. The van der Waals surface area contributed by atoms with E-state index >= 15 is 0 Å². The number of hydrogen-bond donors (Lipinski definition) is 1. The van der Waals surface area contributed by atoms with Crippen LogP contribution in [0.25, 0.3) is 0 Å². The first kappa shape index (κ1) is 15.2. The van der Waals surface area contributed by atoms with Gasteiger partial charge in [-0.2, -0.15) is 0 Å². The summed E-state index contributed by atoms with van der Waals surface area (Å²) in [6.45, 7) is 1.48. The second kappa shape index (κ2) is 6.09. The molecule has 2 N–H and O–H groups in total. The Morgan fingerprint density at radius 3 is 2.86 bits per heavy atom. The highest BCUT2D eigenvalue weighted by Crippen LogP contribution is 2.26. The maximum atomic E-state index is 12.6. The zero-order valence-electron chi connectivity index (χ0n) is 12.3.